The summed E-state index contributed by atoms with van der Waals surface area (Å²) in [4.78, 5) is 20.1. The number of carbonyl (C=O) groups excluding carboxylic acids is 1. The standard InChI is InChI=1S/C12H19N5O.ClH/c1-7(2)3-8-4-10(17-12(13)16-8)11(18)15-9-5-14-6-9;/h4,7,9,14H,3,5-6H2,1-2H3,(H,15,18)(H2,13,16,17);1H. The molecule has 1 amide bonds. The minimum Gasteiger partial charge on any atom is -0.368 e. The third-order valence-corrected chi connectivity index (χ3v) is 2.76. The lowest BCUT2D eigenvalue weighted by atomic mass is 10.1. The number of rotatable bonds is 4. The van der Waals surface area contributed by atoms with Gasteiger partial charge in [-0.3, -0.25) is 4.79 Å². The average molecular weight is 286 g/mol. The van der Waals surface area contributed by atoms with Gasteiger partial charge < -0.3 is 16.4 Å². The van der Waals surface area contributed by atoms with Crippen molar-refractivity contribution in [2.75, 3.05) is 18.8 Å². The van der Waals surface area contributed by atoms with Gasteiger partial charge in [-0.15, -0.1) is 12.4 Å². The Hall–Kier alpha value is -1.40. The van der Waals surface area contributed by atoms with Gasteiger partial charge in [0.25, 0.3) is 5.91 Å². The van der Waals surface area contributed by atoms with Crippen LogP contribution in [0.25, 0.3) is 0 Å². The Morgan fingerprint density at radius 1 is 1.53 bits per heavy atom. The second kappa shape index (κ2) is 6.68. The van der Waals surface area contributed by atoms with Crippen molar-refractivity contribution in [1.29, 1.82) is 0 Å². The maximum Gasteiger partial charge on any atom is 0.270 e. The van der Waals surface area contributed by atoms with Crippen molar-refractivity contribution in [1.82, 2.24) is 20.6 Å². The van der Waals surface area contributed by atoms with Crippen LogP contribution in [0.3, 0.4) is 0 Å². The average Bonchev–Trinajstić information content (AvgIpc) is 2.21. The molecule has 0 atom stereocenters. The fourth-order valence-corrected chi connectivity index (χ4v) is 1.81. The Kier molecular flexibility index (Phi) is 5.50. The molecule has 0 unspecified atom stereocenters. The van der Waals surface area contributed by atoms with Gasteiger partial charge in [0.15, 0.2) is 0 Å². The minimum atomic E-state index is -0.180. The van der Waals surface area contributed by atoms with Crippen LogP contribution >= 0.6 is 12.4 Å². The van der Waals surface area contributed by atoms with E-state index in [2.05, 4.69) is 34.4 Å². The molecule has 0 aliphatic carbocycles. The van der Waals surface area contributed by atoms with E-state index in [4.69, 9.17) is 5.73 Å². The molecular weight excluding hydrogens is 266 g/mol. The summed E-state index contributed by atoms with van der Waals surface area (Å²) in [5, 5.41) is 5.99. The molecule has 0 spiro atoms. The van der Waals surface area contributed by atoms with Gasteiger partial charge in [-0.2, -0.15) is 0 Å². The van der Waals surface area contributed by atoms with Gasteiger partial charge in [0.2, 0.25) is 5.95 Å². The normalized spacial score (nSPS) is 14.7. The zero-order valence-corrected chi connectivity index (χ0v) is 12.0. The van der Waals surface area contributed by atoms with E-state index in [9.17, 15) is 4.79 Å². The first kappa shape index (κ1) is 15.7. The Labute approximate surface area is 119 Å². The summed E-state index contributed by atoms with van der Waals surface area (Å²) in [5.74, 6) is 0.441. The number of amides is 1. The van der Waals surface area contributed by atoms with E-state index in [1.54, 1.807) is 6.07 Å². The molecule has 1 aromatic heterocycles. The van der Waals surface area contributed by atoms with E-state index >= 15 is 0 Å². The molecule has 0 bridgehead atoms. The van der Waals surface area contributed by atoms with E-state index in [0.717, 1.165) is 25.2 Å². The predicted molar refractivity (Wildman–Crippen MR) is 76.4 cm³/mol. The number of nitrogens with zero attached hydrogens (tertiary/aromatic N) is 2. The first-order valence-electron chi connectivity index (χ1n) is 6.19. The number of hydrogen-bond acceptors (Lipinski definition) is 5. The van der Waals surface area contributed by atoms with Crippen molar-refractivity contribution in [3.8, 4) is 0 Å². The molecule has 6 nitrogen and oxygen atoms in total. The van der Waals surface area contributed by atoms with Gasteiger partial charge in [-0.25, -0.2) is 9.97 Å². The van der Waals surface area contributed by atoms with E-state index in [-0.39, 0.29) is 30.3 Å². The van der Waals surface area contributed by atoms with Crippen LogP contribution < -0.4 is 16.4 Å². The molecule has 106 valence electrons. The van der Waals surface area contributed by atoms with Crippen molar-refractivity contribution in [3.05, 3.63) is 17.5 Å². The highest BCUT2D eigenvalue weighted by atomic mass is 35.5. The molecule has 1 aliphatic heterocycles. The maximum atomic E-state index is 12.0. The van der Waals surface area contributed by atoms with Crippen LogP contribution in [0.5, 0.6) is 0 Å². The van der Waals surface area contributed by atoms with Crippen LogP contribution in [0, 0.1) is 5.92 Å². The first-order chi connectivity index (χ1) is 8.54. The number of anilines is 1. The van der Waals surface area contributed by atoms with E-state index in [1.165, 1.54) is 0 Å². The first-order valence-corrected chi connectivity index (χ1v) is 6.19. The molecule has 4 N–H and O–H groups in total. The predicted octanol–water partition coefficient (Wildman–Crippen LogP) is 0.381. The lowest BCUT2D eigenvalue weighted by Crippen LogP contribution is -2.57. The highest BCUT2D eigenvalue weighted by molar-refractivity contribution is 5.92. The molecule has 1 fully saturated rings. The molecule has 0 aromatic carbocycles. The highest BCUT2D eigenvalue weighted by Crippen LogP contribution is 2.09. The van der Waals surface area contributed by atoms with Crippen molar-refractivity contribution >= 4 is 24.3 Å². The summed E-state index contributed by atoms with van der Waals surface area (Å²) in [6, 6.07) is 1.92. The summed E-state index contributed by atoms with van der Waals surface area (Å²) >= 11 is 0. The molecule has 7 heteroatoms. The Morgan fingerprint density at radius 2 is 2.21 bits per heavy atom. The second-order valence-corrected chi connectivity index (χ2v) is 5.03. The molecule has 1 aromatic rings. The van der Waals surface area contributed by atoms with Gasteiger partial charge in [-0.1, -0.05) is 13.8 Å². The number of nitrogen functional groups attached to an aromatic ring is 1. The van der Waals surface area contributed by atoms with Crippen molar-refractivity contribution in [2.24, 2.45) is 5.92 Å². The van der Waals surface area contributed by atoms with Crippen molar-refractivity contribution < 1.29 is 4.79 Å². The monoisotopic (exact) mass is 285 g/mol. The van der Waals surface area contributed by atoms with Gasteiger partial charge in [0, 0.05) is 18.8 Å². The number of aromatic nitrogens is 2. The molecule has 0 saturated carbocycles. The molecule has 1 saturated heterocycles. The number of hydrogen-bond donors (Lipinski definition) is 3. The lowest BCUT2D eigenvalue weighted by Gasteiger charge is -2.27. The molecule has 19 heavy (non-hydrogen) atoms. The summed E-state index contributed by atoms with van der Waals surface area (Å²) in [6.45, 7) is 5.81. The Bertz CT molecular complexity index is 448. The number of nitrogens with one attached hydrogen (secondary N) is 2. The molecule has 0 radical (unpaired) electrons. The van der Waals surface area contributed by atoms with Gasteiger partial charge in [-0.05, 0) is 18.4 Å². The van der Waals surface area contributed by atoms with Crippen LogP contribution in [-0.4, -0.2) is 35.0 Å². The quantitative estimate of drug-likeness (QED) is 0.744. The van der Waals surface area contributed by atoms with Gasteiger partial charge in [0.1, 0.15) is 5.69 Å². The Morgan fingerprint density at radius 3 is 2.74 bits per heavy atom. The lowest BCUT2D eigenvalue weighted by molar-refractivity contribution is 0.0918. The largest absolute Gasteiger partial charge is 0.368 e. The zero-order chi connectivity index (χ0) is 13.1. The third-order valence-electron chi connectivity index (χ3n) is 2.76. The summed E-state index contributed by atoms with van der Waals surface area (Å²) in [6.07, 6.45) is 0.790. The fourth-order valence-electron chi connectivity index (χ4n) is 1.81. The smallest absolute Gasteiger partial charge is 0.270 e. The highest BCUT2D eigenvalue weighted by Gasteiger charge is 2.20. The van der Waals surface area contributed by atoms with Crippen LogP contribution in [0.15, 0.2) is 6.07 Å². The van der Waals surface area contributed by atoms with Crippen molar-refractivity contribution in [2.45, 2.75) is 26.3 Å². The third kappa shape index (κ3) is 4.33. The summed E-state index contributed by atoms with van der Waals surface area (Å²) in [5.41, 5.74) is 6.80. The minimum absolute atomic E-state index is 0. The van der Waals surface area contributed by atoms with Crippen LogP contribution in [-0.2, 0) is 6.42 Å². The second-order valence-electron chi connectivity index (χ2n) is 5.03. The molecule has 2 rings (SSSR count). The van der Waals surface area contributed by atoms with E-state index in [1.807, 2.05) is 0 Å². The van der Waals surface area contributed by atoms with Gasteiger partial charge >= 0.3 is 0 Å². The topological polar surface area (TPSA) is 92.9 Å². The van der Waals surface area contributed by atoms with E-state index < -0.39 is 0 Å². The van der Waals surface area contributed by atoms with Gasteiger partial charge in [0.05, 0.1) is 6.04 Å². The number of carbonyl (C=O) groups is 1. The van der Waals surface area contributed by atoms with Crippen LogP contribution in [0.2, 0.25) is 0 Å². The zero-order valence-electron chi connectivity index (χ0n) is 11.1. The summed E-state index contributed by atoms with van der Waals surface area (Å²) < 4.78 is 0. The van der Waals surface area contributed by atoms with Crippen molar-refractivity contribution in [3.63, 3.8) is 0 Å². The number of halogens is 1. The van der Waals surface area contributed by atoms with E-state index in [0.29, 0.717) is 11.6 Å². The fraction of sp³-hybridized carbons (Fsp3) is 0.583. The number of nitrogens with two attached hydrogens (primary N) is 1. The summed E-state index contributed by atoms with van der Waals surface area (Å²) in [7, 11) is 0. The van der Waals surface area contributed by atoms with Crippen LogP contribution in [0.1, 0.15) is 30.0 Å². The SMILES string of the molecule is CC(C)Cc1cc(C(=O)NC2CNC2)nc(N)n1.Cl. The maximum absolute atomic E-state index is 12.0. The molecule has 2 heterocycles. The Balaban J connectivity index is 0.00000180. The van der Waals surface area contributed by atoms with Crippen LogP contribution in [0.4, 0.5) is 5.95 Å². The molecular formula is C12H20ClN5O. The molecule has 1 aliphatic rings.